The molecule has 2 aromatic heterocycles. The number of hydrogen-bond donors (Lipinski definition) is 1. The third kappa shape index (κ3) is 3.92. The average molecular weight is 413 g/mol. The smallest absolute Gasteiger partial charge is 0.170 e. The van der Waals surface area contributed by atoms with E-state index in [0.29, 0.717) is 6.04 Å². The van der Waals surface area contributed by atoms with E-state index in [2.05, 4.69) is 51.8 Å². The number of nitrogens with one attached hydrogen (secondary N) is 1. The molecule has 0 radical (unpaired) electrons. The normalized spacial score (nSPS) is 22.4. The maximum atomic E-state index is 5.77. The van der Waals surface area contributed by atoms with Gasteiger partial charge in [0.15, 0.2) is 5.11 Å². The number of methoxy groups -OCH3 is 1. The van der Waals surface area contributed by atoms with Crippen LogP contribution in [0.25, 0.3) is 0 Å². The standard InChI is InChI=1S/C23H32N4OS/c1-16-15-19(17(2)27(16)18-9-4-5-10-18)22-21(20-11-6-7-12-24-20)25-23(29)26(22)13-8-14-28-3/h6-7,11-12,15,18,21-22H,4-5,8-10,13-14H2,1-3H3,(H,25,29)/t21-,22+/m1/s1. The van der Waals surface area contributed by atoms with Crippen LogP contribution in [0.1, 0.15) is 72.9 Å². The number of thiocarbonyl (C=S) groups is 1. The monoisotopic (exact) mass is 412 g/mol. The summed E-state index contributed by atoms with van der Waals surface area (Å²) in [4.78, 5) is 7.00. The number of pyridine rings is 1. The van der Waals surface area contributed by atoms with Crippen molar-refractivity contribution in [3.63, 3.8) is 0 Å². The summed E-state index contributed by atoms with van der Waals surface area (Å²) < 4.78 is 7.87. The predicted octanol–water partition coefficient (Wildman–Crippen LogP) is 4.62. The van der Waals surface area contributed by atoms with Crippen LogP contribution in [-0.2, 0) is 4.74 Å². The van der Waals surface area contributed by atoms with Crippen molar-refractivity contribution in [2.75, 3.05) is 20.3 Å². The van der Waals surface area contributed by atoms with Crippen LogP contribution >= 0.6 is 12.2 Å². The molecule has 1 saturated heterocycles. The third-order valence-corrected chi connectivity index (χ3v) is 6.83. The second kappa shape index (κ2) is 8.84. The topological polar surface area (TPSA) is 42.3 Å². The molecule has 2 fully saturated rings. The fourth-order valence-electron chi connectivity index (χ4n) is 5.19. The summed E-state index contributed by atoms with van der Waals surface area (Å²) in [6.07, 6.45) is 8.08. The largest absolute Gasteiger partial charge is 0.385 e. The van der Waals surface area contributed by atoms with Crippen LogP contribution in [0.2, 0.25) is 0 Å². The summed E-state index contributed by atoms with van der Waals surface area (Å²) in [5, 5.41) is 4.38. The fourth-order valence-corrected chi connectivity index (χ4v) is 5.52. The number of aromatic nitrogens is 2. The van der Waals surface area contributed by atoms with Crippen LogP contribution in [0.5, 0.6) is 0 Å². The lowest BCUT2D eigenvalue weighted by molar-refractivity contribution is 0.180. The number of aryl methyl sites for hydroxylation is 1. The molecule has 0 unspecified atom stereocenters. The molecular formula is C23H32N4OS. The Morgan fingerprint density at radius 3 is 2.72 bits per heavy atom. The first-order valence-corrected chi connectivity index (χ1v) is 11.2. The van der Waals surface area contributed by atoms with Gasteiger partial charge in [0.25, 0.3) is 0 Å². The van der Waals surface area contributed by atoms with Gasteiger partial charge in [-0.15, -0.1) is 0 Å². The summed E-state index contributed by atoms with van der Waals surface area (Å²) in [7, 11) is 1.75. The first-order chi connectivity index (χ1) is 14.1. The number of nitrogens with zero attached hydrogens (tertiary/aromatic N) is 3. The van der Waals surface area contributed by atoms with Gasteiger partial charge in [-0.25, -0.2) is 0 Å². The maximum Gasteiger partial charge on any atom is 0.170 e. The molecule has 2 aliphatic rings. The van der Waals surface area contributed by atoms with E-state index in [9.17, 15) is 0 Å². The van der Waals surface area contributed by atoms with Crippen molar-refractivity contribution in [3.05, 3.63) is 53.1 Å². The Bertz CT molecular complexity index is 844. The Kier molecular flexibility index (Phi) is 6.20. The van der Waals surface area contributed by atoms with Gasteiger partial charge in [0, 0.05) is 43.9 Å². The highest BCUT2D eigenvalue weighted by Gasteiger charge is 2.41. The molecule has 1 saturated carbocycles. The Balaban J connectivity index is 1.73. The summed E-state index contributed by atoms with van der Waals surface area (Å²) >= 11 is 5.77. The minimum atomic E-state index is 0.0590. The van der Waals surface area contributed by atoms with Crippen LogP contribution in [-0.4, -0.2) is 39.8 Å². The molecule has 2 aromatic rings. The predicted molar refractivity (Wildman–Crippen MR) is 120 cm³/mol. The first kappa shape index (κ1) is 20.4. The maximum absolute atomic E-state index is 5.77. The Morgan fingerprint density at radius 2 is 2.03 bits per heavy atom. The molecule has 3 heterocycles. The van der Waals surface area contributed by atoms with E-state index in [1.165, 1.54) is 42.6 Å². The molecule has 5 nitrogen and oxygen atoms in total. The molecule has 0 aromatic carbocycles. The molecule has 156 valence electrons. The first-order valence-electron chi connectivity index (χ1n) is 10.8. The lowest BCUT2D eigenvalue weighted by Gasteiger charge is -2.28. The molecule has 2 atom stereocenters. The zero-order valence-electron chi connectivity index (χ0n) is 17.7. The van der Waals surface area contributed by atoms with Crippen LogP contribution in [0.4, 0.5) is 0 Å². The van der Waals surface area contributed by atoms with Crippen molar-refractivity contribution in [3.8, 4) is 0 Å². The molecule has 29 heavy (non-hydrogen) atoms. The molecule has 0 bridgehead atoms. The van der Waals surface area contributed by atoms with Gasteiger partial charge >= 0.3 is 0 Å². The third-order valence-electron chi connectivity index (χ3n) is 6.48. The summed E-state index contributed by atoms with van der Waals surface area (Å²) in [5.41, 5.74) is 5.15. The Labute approximate surface area is 179 Å². The summed E-state index contributed by atoms with van der Waals surface area (Å²) in [6.45, 7) is 6.15. The van der Waals surface area contributed by atoms with Crippen LogP contribution in [0.3, 0.4) is 0 Å². The molecular weight excluding hydrogens is 380 g/mol. The van der Waals surface area contributed by atoms with Crippen molar-refractivity contribution in [1.82, 2.24) is 19.8 Å². The van der Waals surface area contributed by atoms with E-state index in [1.54, 1.807) is 7.11 Å². The quantitative estimate of drug-likeness (QED) is 0.531. The number of hydrogen-bond acceptors (Lipinski definition) is 3. The lowest BCUT2D eigenvalue weighted by Crippen LogP contribution is -2.31. The van der Waals surface area contributed by atoms with Crippen molar-refractivity contribution in [1.29, 1.82) is 0 Å². The van der Waals surface area contributed by atoms with E-state index in [4.69, 9.17) is 17.0 Å². The summed E-state index contributed by atoms with van der Waals surface area (Å²) in [6, 6.07) is 9.35. The molecule has 1 aliphatic carbocycles. The molecule has 1 N–H and O–H groups in total. The van der Waals surface area contributed by atoms with Gasteiger partial charge in [0.05, 0.1) is 17.8 Å². The van der Waals surface area contributed by atoms with Crippen molar-refractivity contribution in [2.45, 2.75) is 64.1 Å². The molecule has 1 aliphatic heterocycles. The van der Waals surface area contributed by atoms with Gasteiger partial charge in [0.1, 0.15) is 0 Å². The second-order valence-electron chi connectivity index (χ2n) is 8.30. The van der Waals surface area contributed by atoms with Crippen molar-refractivity contribution in [2.24, 2.45) is 0 Å². The second-order valence-corrected chi connectivity index (χ2v) is 8.69. The van der Waals surface area contributed by atoms with Crippen LogP contribution < -0.4 is 5.32 Å². The summed E-state index contributed by atoms with van der Waals surface area (Å²) in [5.74, 6) is 0. The van der Waals surface area contributed by atoms with Crippen molar-refractivity contribution >= 4 is 17.3 Å². The Hall–Kier alpha value is -1.92. The van der Waals surface area contributed by atoms with Crippen LogP contribution in [0, 0.1) is 13.8 Å². The van der Waals surface area contributed by atoms with E-state index < -0.39 is 0 Å². The minimum Gasteiger partial charge on any atom is -0.385 e. The lowest BCUT2D eigenvalue weighted by atomic mass is 9.96. The highest BCUT2D eigenvalue weighted by Crippen LogP contribution is 2.42. The SMILES string of the molecule is COCCCN1C(=S)N[C@H](c2ccccn2)[C@@H]1c1cc(C)n(C2CCCC2)c1C. The fraction of sp³-hybridized carbons (Fsp3) is 0.565. The van der Waals surface area contributed by atoms with Gasteiger partial charge in [-0.2, -0.15) is 0 Å². The van der Waals surface area contributed by atoms with Crippen molar-refractivity contribution < 1.29 is 4.74 Å². The average Bonchev–Trinajstić information content (AvgIpc) is 3.42. The Morgan fingerprint density at radius 1 is 1.24 bits per heavy atom. The number of rotatable bonds is 7. The highest BCUT2D eigenvalue weighted by atomic mass is 32.1. The molecule has 6 heteroatoms. The zero-order chi connectivity index (χ0) is 20.4. The molecule has 4 rings (SSSR count). The van der Waals surface area contributed by atoms with Gasteiger partial charge in [-0.3, -0.25) is 4.98 Å². The molecule has 0 amide bonds. The van der Waals surface area contributed by atoms with E-state index in [1.807, 2.05) is 12.3 Å². The van der Waals surface area contributed by atoms with Gasteiger partial charge in [-0.1, -0.05) is 18.9 Å². The van der Waals surface area contributed by atoms with Gasteiger partial charge in [0.2, 0.25) is 0 Å². The van der Waals surface area contributed by atoms with Gasteiger partial charge < -0.3 is 19.5 Å². The van der Waals surface area contributed by atoms with E-state index in [0.717, 1.165) is 30.4 Å². The highest BCUT2D eigenvalue weighted by molar-refractivity contribution is 7.80. The zero-order valence-corrected chi connectivity index (χ0v) is 18.5. The molecule has 0 spiro atoms. The van der Waals surface area contributed by atoms with Gasteiger partial charge in [-0.05, 0) is 69.1 Å². The van der Waals surface area contributed by atoms with E-state index >= 15 is 0 Å². The number of ether oxygens (including phenoxy) is 1. The minimum absolute atomic E-state index is 0.0590. The van der Waals surface area contributed by atoms with Crippen LogP contribution in [0.15, 0.2) is 30.5 Å². The van der Waals surface area contributed by atoms with E-state index in [-0.39, 0.29) is 12.1 Å².